The van der Waals surface area contributed by atoms with Crippen molar-refractivity contribution in [3.8, 4) is 0 Å². The molecule has 0 N–H and O–H groups in total. The normalized spacial score (nSPS) is 13.4. The lowest BCUT2D eigenvalue weighted by atomic mass is 10.1. The van der Waals surface area contributed by atoms with Gasteiger partial charge in [0.2, 0.25) is 0 Å². The zero-order valence-electron chi connectivity index (χ0n) is 12.6. The third-order valence-electron chi connectivity index (χ3n) is 3.18. The number of allylic oxidation sites excluding steroid dienone is 1. The average molecular weight is 254 g/mol. The summed E-state index contributed by atoms with van der Waals surface area (Å²) in [5.74, 6) is -0.103. The first-order valence-electron chi connectivity index (χ1n) is 7.59. The van der Waals surface area contributed by atoms with Crippen LogP contribution >= 0.6 is 0 Å². The molecule has 0 heterocycles. The SMILES string of the molecule is CCCC=C(CC)C(=O)OC(CC)CCCCC. The maximum absolute atomic E-state index is 12.0. The van der Waals surface area contributed by atoms with Gasteiger partial charge in [0.1, 0.15) is 6.10 Å². The van der Waals surface area contributed by atoms with Crippen molar-refractivity contribution in [2.45, 2.75) is 85.2 Å². The first-order valence-corrected chi connectivity index (χ1v) is 7.59. The van der Waals surface area contributed by atoms with E-state index in [9.17, 15) is 4.79 Å². The number of unbranched alkanes of at least 4 members (excludes halogenated alkanes) is 3. The first-order chi connectivity index (χ1) is 8.69. The molecule has 18 heavy (non-hydrogen) atoms. The van der Waals surface area contributed by atoms with E-state index in [1.54, 1.807) is 0 Å². The van der Waals surface area contributed by atoms with Gasteiger partial charge in [-0.3, -0.25) is 0 Å². The van der Waals surface area contributed by atoms with Gasteiger partial charge < -0.3 is 4.74 Å². The number of carbonyl (C=O) groups is 1. The van der Waals surface area contributed by atoms with Gasteiger partial charge in [-0.2, -0.15) is 0 Å². The standard InChI is InChI=1S/C16H30O2/c1-5-9-11-13-15(8-4)18-16(17)14(7-3)12-10-6-2/h12,15H,5-11,13H2,1-4H3. The maximum Gasteiger partial charge on any atom is 0.333 e. The van der Waals surface area contributed by atoms with Crippen LogP contribution in [0.2, 0.25) is 0 Å². The molecule has 0 spiro atoms. The second-order valence-corrected chi connectivity index (χ2v) is 4.80. The molecule has 0 saturated heterocycles. The van der Waals surface area contributed by atoms with Gasteiger partial charge in [-0.1, -0.05) is 53.0 Å². The van der Waals surface area contributed by atoms with Gasteiger partial charge in [-0.15, -0.1) is 0 Å². The Labute approximate surface area is 113 Å². The monoisotopic (exact) mass is 254 g/mol. The van der Waals surface area contributed by atoms with Crippen LogP contribution in [0.1, 0.15) is 79.1 Å². The van der Waals surface area contributed by atoms with Gasteiger partial charge in [-0.05, 0) is 32.1 Å². The predicted molar refractivity (Wildman–Crippen MR) is 77.6 cm³/mol. The summed E-state index contributed by atoms with van der Waals surface area (Å²) in [6.45, 7) is 8.41. The van der Waals surface area contributed by atoms with Crippen LogP contribution in [0.3, 0.4) is 0 Å². The number of hydrogen-bond acceptors (Lipinski definition) is 2. The zero-order chi connectivity index (χ0) is 13.8. The van der Waals surface area contributed by atoms with Crippen LogP contribution in [0.5, 0.6) is 0 Å². The summed E-state index contributed by atoms with van der Waals surface area (Å²) in [7, 11) is 0. The minimum Gasteiger partial charge on any atom is -0.459 e. The average Bonchev–Trinajstić information content (AvgIpc) is 2.38. The first kappa shape index (κ1) is 17.2. The van der Waals surface area contributed by atoms with E-state index in [1.165, 1.54) is 12.8 Å². The quantitative estimate of drug-likeness (QED) is 0.311. The molecule has 0 radical (unpaired) electrons. The van der Waals surface area contributed by atoms with E-state index >= 15 is 0 Å². The summed E-state index contributed by atoms with van der Waals surface area (Å²) in [6, 6.07) is 0. The largest absolute Gasteiger partial charge is 0.459 e. The molecule has 0 rings (SSSR count). The van der Waals surface area contributed by atoms with E-state index < -0.39 is 0 Å². The summed E-state index contributed by atoms with van der Waals surface area (Å²) < 4.78 is 5.59. The van der Waals surface area contributed by atoms with Crippen LogP contribution in [0.15, 0.2) is 11.6 Å². The molecule has 0 aromatic rings. The maximum atomic E-state index is 12.0. The molecule has 1 atom stereocenters. The molecule has 0 fully saturated rings. The lowest BCUT2D eigenvalue weighted by molar-refractivity contribution is -0.145. The van der Waals surface area contributed by atoms with Crippen molar-refractivity contribution >= 4 is 5.97 Å². The minimum atomic E-state index is -0.103. The third-order valence-corrected chi connectivity index (χ3v) is 3.18. The lowest BCUT2D eigenvalue weighted by Crippen LogP contribution is -2.18. The number of esters is 1. The molecular formula is C16H30O2. The molecule has 1 unspecified atom stereocenters. The highest BCUT2D eigenvalue weighted by atomic mass is 16.5. The molecule has 0 aliphatic carbocycles. The Kier molecular flexibility index (Phi) is 10.8. The van der Waals surface area contributed by atoms with Gasteiger partial charge in [0.05, 0.1) is 0 Å². The van der Waals surface area contributed by atoms with Crippen molar-refractivity contribution < 1.29 is 9.53 Å². The summed E-state index contributed by atoms with van der Waals surface area (Å²) in [6.07, 6.45) is 10.4. The molecule has 0 aromatic heterocycles. The molecule has 0 aromatic carbocycles. The summed E-state index contributed by atoms with van der Waals surface area (Å²) in [5.41, 5.74) is 0.839. The zero-order valence-corrected chi connectivity index (χ0v) is 12.6. The van der Waals surface area contributed by atoms with Crippen molar-refractivity contribution in [2.75, 3.05) is 0 Å². The van der Waals surface area contributed by atoms with Crippen molar-refractivity contribution in [1.82, 2.24) is 0 Å². The van der Waals surface area contributed by atoms with Crippen LogP contribution < -0.4 is 0 Å². The van der Waals surface area contributed by atoms with Crippen molar-refractivity contribution in [1.29, 1.82) is 0 Å². The second-order valence-electron chi connectivity index (χ2n) is 4.80. The van der Waals surface area contributed by atoms with Gasteiger partial charge >= 0.3 is 5.97 Å². The summed E-state index contributed by atoms with van der Waals surface area (Å²) >= 11 is 0. The van der Waals surface area contributed by atoms with Gasteiger partial charge in [0.25, 0.3) is 0 Å². The number of hydrogen-bond donors (Lipinski definition) is 0. The topological polar surface area (TPSA) is 26.3 Å². The molecule has 0 bridgehead atoms. The Morgan fingerprint density at radius 2 is 1.83 bits per heavy atom. The van der Waals surface area contributed by atoms with Crippen molar-refractivity contribution in [3.05, 3.63) is 11.6 Å². The summed E-state index contributed by atoms with van der Waals surface area (Å²) in [5, 5.41) is 0. The molecule has 0 aliphatic heterocycles. The Hall–Kier alpha value is -0.790. The molecule has 0 amide bonds. The smallest absolute Gasteiger partial charge is 0.333 e. The number of ether oxygens (including phenoxy) is 1. The van der Waals surface area contributed by atoms with Crippen LogP contribution in [-0.2, 0) is 9.53 Å². The van der Waals surface area contributed by atoms with E-state index in [-0.39, 0.29) is 12.1 Å². The van der Waals surface area contributed by atoms with E-state index in [0.717, 1.165) is 44.1 Å². The van der Waals surface area contributed by atoms with E-state index in [0.29, 0.717) is 0 Å². The van der Waals surface area contributed by atoms with E-state index in [4.69, 9.17) is 4.74 Å². The molecule has 0 saturated carbocycles. The van der Waals surface area contributed by atoms with Crippen LogP contribution in [0.4, 0.5) is 0 Å². The fourth-order valence-electron chi connectivity index (χ4n) is 1.89. The van der Waals surface area contributed by atoms with Crippen LogP contribution in [0, 0.1) is 0 Å². The Bertz CT molecular complexity index is 243. The van der Waals surface area contributed by atoms with Crippen molar-refractivity contribution in [3.63, 3.8) is 0 Å². The van der Waals surface area contributed by atoms with Crippen LogP contribution in [0.25, 0.3) is 0 Å². The highest BCUT2D eigenvalue weighted by Gasteiger charge is 2.14. The summed E-state index contributed by atoms with van der Waals surface area (Å²) in [4.78, 5) is 12.0. The molecule has 2 nitrogen and oxygen atoms in total. The van der Waals surface area contributed by atoms with Crippen molar-refractivity contribution in [2.24, 2.45) is 0 Å². The van der Waals surface area contributed by atoms with Gasteiger partial charge in [0, 0.05) is 5.57 Å². The second kappa shape index (κ2) is 11.3. The lowest BCUT2D eigenvalue weighted by Gasteiger charge is -2.17. The number of carbonyl (C=O) groups excluding carboxylic acids is 1. The fraction of sp³-hybridized carbons (Fsp3) is 0.812. The van der Waals surface area contributed by atoms with E-state index in [1.807, 2.05) is 13.0 Å². The molecule has 0 aliphatic rings. The molecule has 2 heteroatoms. The van der Waals surface area contributed by atoms with Gasteiger partial charge in [-0.25, -0.2) is 4.79 Å². The highest BCUT2D eigenvalue weighted by molar-refractivity contribution is 5.88. The Balaban J connectivity index is 4.22. The number of rotatable bonds is 10. The molecule has 106 valence electrons. The minimum absolute atomic E-state index is 0.0978. The van der Waals surface area contributed by atoms with Crippen LogP contribution in [-0.4, -0.2) is 12.1 Å². The van der Waals surface area contributed by atoms with Gasteiger partial charge in [0.15, 0.2) is 0 Å². The van der Waals surface area contributed by atoms with E-state index in [2.05, 4.69) is 20.8 Å². The fourth-order valence-corrected chi connectivity index (χ4v) is 1.89. The Morgan fingerprint density at radius 3 is 2.33 bits per heavy atom. The predicted octanol–water partition coefficient (Wildman–Crippen LogP) is 5.03. The Morgan fingerprint density at radius 1 is 1.11 bits per heavy atom. The molecular weight excluding hydrogens is 224 g/mol. The highest BCUT2D eigenvalue weighted by Crippen LogP contribution is 2.14. The third kappa shape index (κ3) is 7.52.